The van der Waals surface area contributed by atoms with Gasteiger partial charge in [0.1, 0.15) is 18.8 Å². The second kappa shape index (κ2) is 35.6. The van der Waals surface area contributed by atoms with Crippen LogP contribution < -0.4 is 11.5 Å². The molecule has 356 valence electrons. The molecule has 0 fully saturated rings. The Morgan fingerprint density at radius 3 is 1.34 bits per heavy atom. The molecule has 0 aliphatic rings. The maximum atomic E-state index is 13.2. The lowest BCUT2D eigenvalue weighted by Gasteiger charge is -2.29. The Morgan fingerprint density at radius 2 is 0.934 bits per heavy atom. The van der Waals surface area contributed by atoms with Crippen LogP contribution in [0.15, 0.2) is 0 Å². The van der Waals surface area contributed by atoms with Gasteiger partial charge in [-0.05, 0) is 12.8 Å². The minimum atomic E-state index is -5.54. The van der Waals surface area contributed by atoms with Gasteiger partial charge in [0.15, 0.2) is 23.8 Å². The number of hydrogen-bond acceptors (Lipinski definition) is 15. The summed E-state index contributed by atoms with van der Waals surface area (Å²) >= 11 is 0. The molecule has 61 heavy (non-hydrogen) atoms. The summed E-state index contributed by atoms with van der Waals surface area (Å²) in [6.07, 6.45) is 12.0. The van der Waals surface area contributed by atoms with Crippen molar-refractivity contribution in [2.75, 3.05) is 13.2 Å². The van der Waals surface area contributed by atoms with E-state index >= 15 is 0 Å². The van der Waals surface area contributed by atoms with Crippen LogP contribution in [0.1, 0.15) is 181 Å². The average molecular weight is 897 g/mol. The van der Waals surface area contributed by atoms with Crippen molar-refractivity contribution in [2.45, 2.75) is 217 Å². The quantitative estimate of drug-likeness (QED) is 0.0216. The summed E-state index contributed by atoms with van der Waals surface area (Å²) in [5.41, 5.74) is 11.1. The van der Waals surface area contributed by atoms with Gasteiger partial charge in [0, 0.05) is 12.8 Å². The number of carboxylic acid groups (broad SMARTS) is 2. The molecule has 0 aromatic rings. The Balaban J connectivity index is 5.56. The van der Waals surface area contributed by atoms with Gasteiger partial charge in [0.05, 0.1) is 31.5 Å². The van der Waals surface area contributed by atoms with Crippen molar-refractivity contribution in [3.8, 4) is 0 Å². The largest absolute Gasteiger partial charge is 0.481 e. The van der Waals surface area contributed by atoms with Crippen molar-refractivity contribution in [3.05, 3.63) is 0 Å². The predicted octanol–water partition coefficient (Wildman–Crippen LogP) is 5.81. The Morgan fingerprint density at radius 1 is 0.557 bits per heavy atom. The molecule has 18 nitrogen and oxygen atoms in total. The molecule has 0 aromatic carbocycles. The van der Waals surface area contributed by atoms with Crippen LogP contribution in [0.4, 0.5) is 0 Å². The minimum Gasteiger partial charge on any atom is -0.481 e. The van der Waals surface area contributed by atoms with Crippen molar-refractivity contribution < 1.29 is 77.2 Å². The molecule has 0 rings (SSSR count). The van der Waals surface area contributed by atoms with Gasteiger partial charge in [-0.2, -0.15) is 0 Å². The number of carbonyl (C=O) groups is 6. The lowest BCUT2D eigenvalue weighted by molar-refractivity contribution is -0.161. The molecule has 0 amide bonds. The molecular formula is C42H77N2O16P. The topological polar surface area (TPSA) is 310 Å². The molecule has 0 spiro atoms. The van der Waals surface area contributed by atoms with E-state index in [9.17, 15) is 48.4 Å². The number of unbranched alkanes of at least 4 members (excludes halogenated alkanes) is 20. The third-order valence-corrected chi connectivity index (χ3v) is 11.1. The number of esters is 2. The van der Waals surface area contributed by atoms with Crippen LogP contribution in [0.5, 0.6) is 0 Å². The van der Waals surface area contributed by atoms with Gasteiger partial charge >= 0.3 is 31.7 Å². The first kappa shape index (κ1) is 58.2. The lowest BCUT2D eigenvalue weighted by atomic mass is 9.93. The van der Waals surface area contributed by atoms with Gasteiger partial charge in [-0.3, -0.25) is 37.8 Å². The van der Waals surface area contributed by atoms with Crippen molar-refractivity contribution in [2.24, 2.45) is 11.5 Å². The molecule has 0 saturated heterocycles. The van der Waals surface area contributed by atoms with Gasteiger partial charge in [0.2, 0.25) is 0 Å². The molecule has 3 unspecified atom stereocenters. The summed E-state index contributed by atoms with van der Waals surface area (Å²) in [5, 5.41) is 39.2. The fourth-order valence-corrected chi connectivity index (χ4v) is 7.39. The number of carbonyl (C=O) groups excluding carboxylic acids is 4. The molecule has 9 N–H and O–H groups in total. The number of Topliss-reactive ketones (excluding diaryl/α,β-unsaturated/α-hetero) is 2. The fraction of sp³-hybridized carbons (Fsp3) is 0.857. The van der Waals surface area contributed by atoms with Crippen LogP contribution in [0.3, 0.4) is 0 Å². The second-order valence-electron chi connectivity index (χ2n) is 15.8. The third-order valence-electron chi connectivity index (χ3n) is 10.1. The normalized spacial score (nSPS) is 15.5. The van der Waals surface area contributed by atoms with Crippen molar-refractivity contribution in [1.82, 2.24) is 0 Å². The summed E-state index contributed by atoms with van der Waals surface area (Å²) in [6, 6.07) is -3.88. The Hall–Kier alpha value is -2.83. The predicted molar refractivity (Wildman–Crippen MR) is 226 cm³/mol. The number of ether oxygens (including phenoxy) is 2. The van der Waals surface area contributed by atoms with Crippen molar-refractivity contribution in [3.63, 3.8) is 0 Å². The van der Waals surface area contributed by atoms with Crippen LogP contribution in [0.25, 0.3) is 0 Å². The van der Waals surface area contributed by atoms with Crippen LogP contribution in [0.2, 0.25) is 0 Å². The zero-order valence-electron chi connectivity index (χ0n) is 36.6. The molecule has 0 saturated carbocycles. The van der Waals surface area contributed by atoms with Crippen LogP contribution in [-0.4, -0.2) is 110 Å². The second-order valence-corrected chi connectivity index (χ2v) is 17.2. The van der Waals surface area contributed by atoms with Crippen molar-refractivity contribution >= 4 is 43.3 Å². The number of phosphoric ester groups is 1. The minimum absolute atomic E-state index is 0.00629. The fourth-order valence-electron chi connectivity index (χ4n) is 6.46. The van der Waals surface area contributed by atoms with Crippen LogP contribution in [0, 0.1) is 0 Å². The molecule has 0 bridgehead atoms. The summed E-state index contributed by atoms with van der Waals surface area (Å²) < 4.78 is 33.7. The maximum absolute atomic E-state index is 13.2. The summed E-state index contributed by atoms with van der Waals surface area (Å²) in [6.45, 7) is 2.84. The van der Waals surface area contributed by atoms with Crippen LogP contribution >= 0.6 is 7.82 Å². The smallest absolute Gasteiger partial charge is 0.473 e. The molecule has 0 aromatic heterocycles. The number of carboxylic acids is 2. The molecule has 19 heteroatoms. The van der Waals surface area contributed by atoms with Crippen molar-refractivity contribution in [1.29, 1.82) is 0 Å². The molecule has 0 aliphatic heterocycles. The summed E-state index contributed by atoms with van der Waals surface area (Å²) in [5.74, 6) is -7.48. The third kappa shape index (κ3) is 30.8. The number of rotatable bonds is 42. The van der Waals surface area contributed by atoms with E-state index in [1.807, 2.05) is 0 Å². The van der Waals surface area contributed by atoms with Gasteiger partial charge in [0.25, 0.3) is 0 Å². The number of aliphatic carboxylic acids is 2. The SMILES string of the molecule is CCCCCCCCCCCCCC(=O)OC[C@H](COP(=O)(O)O[C@H](C(=O)C(N)CC(=O)O)[C@@H](O)[C@H](O)C(=O)C(N)CC(=O)O)OC(=O)CCCCCCCCCCCCC. The molecule has 0 heterocycles. The number of hydrogen-bond donors (Lipinski definition) is 7. The molecular weight excluding hydrogens is 819 g/mol. The van der Waals surface area contributed by atoms with E-state index in [4.69, 9.17) is 40.2 Å². The van der Waals surface area contributed by atoms with Gasteiger partial charge < -0.3 is 46.3 Å². The van der Waals surface area contributed by atoms with E-state index in [1.165, 1.54) is 70.6 Å². The maximum Gasteiger partial charge on any atom is 0.473 e. The number of ketones is 2. The van der Waals surface area contributed by atoms with E-state index in [2.05, 4.69) is 13.8 Å². The molecule has 0 aliphatic carbocycles. The van der Waals surface area contributed by atoms with E-state index in [0.717, 1.165) is 57.8 Å². The van der Waals surface area contributed by atoms with E-state index in [1.54, 1.807) is 0 Å². The highest BCUT2D eigenvalue weighted by atomic mass is 31.2. The van der Waals surface area contributed by atoms with E-state index < -0.39 is 106 Å². The Labute approximate surface area is 361 Å². The number of aliphatic hydroxyl groups is 2. The zero-order valence-corrected chi connectivity index (χ0v) is 37.5. The summed E-state index contributed by atoms with van der Waals surface area (Å²) in [4.78, 5) is 83.8. The highest BCUT2D eigenvalue weighted by Gasteiger charge is 2.44. The van der Waals surface area contributed by atoms with Gasteiger partial charge in [-0.25, -0.2) is 4.57 Å². The van der Waals surface area contributed by atoms with Gasteiger partial charge in [-0.15, -0.1) is 0 Å². The monoisotopic (exact) mass is 897 g/mol. The summed E-state index contributed by atoms with van der Waals surface area (Å²) in [7, 11) is -5.54. The van der Waals surface area contributed by atoms with Gasteiger partial charge in [-0.1, -0.05) is 142 Å². The zero-order chi connectivity index (χ0) is 46.1. The lowest BCUT2D eigenvalue weighted by Crippen LogP contribution is -2.54. The average Bonchev–Trinajstić information content (AvgIpc) is 3.20. The van der Waals surface area contributed by atoms with E-state index in [0.29, 0.717) is 12.8 Å². The standard InChI is InChI=1S/C42H77N2O16P/c1-3-5-7-9-11-13-15-17-19-21-23-25-36(49)57-29-31(59-37(50)26-24-22-20-18-16-14-12-10-8-6-4-2)30-58-61(55,56)60-42(39(52)33(44)28-35(47)48)41(54)40(53)38(51)32(43)27-34(45)46/h31-33,40-42,53-54H,3-30,43-44H2,1-2H3,(H,45,46)(H,47,48)(H,55,56)/t31-,32?,33?,40-,41+,42-/m1/s1. The number of phosphoric acid groups is 1. The molecule has 7 atom stereocenters. The number of nitrogens with two attached hydrogens (primary N) is 2. The highest BCUT2D eigenvalue weighted by molar-refractivity contribution is 7.47. The highest BCUT2D eigenvalue weighted by Crippen LogP contribution is 2.46. The Kier molecular flexibility index (Phi) is 34.0. The first-order valence-corrected chi connectivity index (χ1v) is 23.8. The molecule has 0 radical (unpaired) electrons. The number of aliphatic hydroxyl groups excluding tert-OH is 2. The van der Waals surface area contributed by atoms with Crippen LogP contribution in [-0.2, 0) is 51.9 Å². The van der Waals surface area contributed by atoms with E-state index in [-0.39, 0.29) is 12.8 Å². The Bertz CT molecular complexity index is 1300. The first-order chi connectivity index (χ1) is 28.9. The first-order valence-electron chi connectivity index (χ1n) is 22.3.